The van der Waals surface area contributed by atoms with E-state index in [4.69, 9.17) is 10.5 Å². The van der Waals surface area contributed by atoms with Crippen molar-refractivity contribution in [2.75, 3.05) is 19.7 Å². The number of nitrogens with two attached hydrogens (primary N) is 1. The number of piperidine rings is 1. The fraction of sp³-hybridized carbons (Fsp3) is 0.647. The molecule has 1 fully saturated rings. The predicted molar refractivity (Wildman–Crippen MR) is 83.7 cm³/mol. The fourth-order valence-corrected chi connectivity index (χ4v) is 3.34. The van der Waals surface area contributed by atoms with Gasteiger partial charge in [-0.2, -0.15) is 0 Å². The molecule has 0 saturated carbocycles. The van der Waals surface area contributed by atoms with Crippen LogP contribution >= 0.6 is 0 Å². The number of hydrogen-bond donors (Lipinski definition) is 1. The Hall–Kier alpha value is -1.06. The second-order valence-corrected chi connectivity index (χ2v) is 6.22. The minimum absolute atomic E-state index is 0.535. The van der Waals surface area contributed by atoms with Crippen LogP contribution in [0, 0.1) is 11.8 Å². The third-order valence-corrected chi connectivity index (χ3v) is 4.00. The Morgan fingerprint density at radius 1 is 1.25 bits per heavy atom. The van der Waals surface area contributed by atoms with Crippen LogP contribution in [0.3, 0.4) is 0 Å². The highest BCUT2D eigenvalue weighted by Crippen LogP contribution is 2.25. The maximum atomic E-state index is 5.76. The quantitative estimate of drug-likeness (QED) is 0.898. The fourth-order valence-electron chi connectivity index (χ4n) is 3.34. The van der Waals surface area contributed by atoms with Gasteiger partial charge in [-0.15, -0.1) is 0 Å². The van der Waals surface area contributed by atoms with Gasteiger partial charge in [-0.3, -0.25) is 4.90 Å². The monoisotopic (exact) mass is 276 g/mol. The molecule has 112 valence electrons. The van der Waals surface area contributed by atoms with Crippen LogP contribution in [0.5, 0.6) is 5.75 Å². The number of ether oxygens (including phenoxy) is 1. The van der Waals surface area contributed by atoms with Crippen LogP contribution in [0.25, 0.3) is 0 Å². The van der Waals surface area contributed by atoms with Crippen molar-refractivity contribution in [3.8, 4) is 5.75 Å². The van der Waals surface area contributed by atoms with Gasteiger partial charge in [0.2, 0.25) is 0 Å². The van der Waals surface area contributed by atoms with Crippen LogP contribution < -0.4 is 10.5 Å². The van der Waals surface area contributed by atoms with E-state index in [2.05, 4.69) is 36.9 Å². The SMILES string of the molecule is CCOc1cc(CN2CC(C)CC(C)C2)ccc1CN. The van der Waals surface area contributed by atoms with Crippen molar-refractivity contribution in [2.24, 2.45) is 17.6 Å². The first-order valence-electron chi connectivity index (χ1n) is 7.79. The first kappa shape index (κ1) is 15.3. The van der Waals surface area contributed by atoms with E-state index in [1.807, 2.05) is 6.92 Å². The molecular weight excluding hydrogens is 248 g/mol. The van der Waals surface area contributed by atoms with Crippen molar-refractivity contribution in [1.29, 1.82) is 0 Å². The molecule has 1 saturated heterocycles. The van der Waals surface area contributed by atoms with Gasteiger partial charge in [-0.05, 0) is 36.8 Å². The lowest BCUT2D eigenvalue weighted by atomic mass is 9.91. The average molecular weight is 276 g/mol. The predicted octanol–water partition coefficient (Wildman–Crippen LogP) is 3.02. The number of rotatable bonds is 5. The second kappa shape index (κ2) is 7.09. The lowest BCUT2D eigenvalue weighted by Gasteiger charge is -2.35. The Labute approximate surface area is 123 Å². The average Bonchev–Trinajstić information content (AvgIpc) is 2.38. The third-order valence-electron chi connectivity index (χ3n) is 4.00. The lowest BCUT2D eigenvalue weighted by Crippen LogP contribution is -2.38. The van der Waals surface area contributed by atoms with Crippen LogP contribution in [-0.4, -0.2) is 24.6 Å². The summed E-state index contributed by atoms with van der Waals surface area (Å²) in [6.45, 7) is 11.4. The normalized spacial score (nSPS) is 23.8. The van der Waals surface area contributed by atoms with E-state index in [-0.39, 0.29) is 0 Å². The molecule has 1 aromatic rings. The lowest BCUT2D eigenvalue weighted by molar-refractivity contribution is 0.134. The minimum atomic E-state index is 0.535. The molecule has 2 atom stereocenters. The van der Waals surface area contributed by atoms with Gasteiger partial charge in [0.05, 0.1) is 6.61 Å². The van der Waals surface area contributed by atoms with Crippen molar-refractivity contribution in [3.63, 3.8) is 0 Å². The molecule has 1 heterocycles. The first-order valence-corrected chi connectivity index (χ1v) is 7.79. The summed E-state index contributed by atoms with van der Waals surface area (Å²) in [5.41, 5.74) is 8.18. The zero-order valence-electron chi connectivity index (χ0n) is 13.1. The largest absolute Gasteiger partial charge is 0.494 e. The number of benzene rings is 1. The van der Waals surface area contributed by atoms with Gasteiger partial charge >= 0.3 is 0 Å². The number of likely N-dealkylation sites (tertiary alicyclic amines) is 1. The molecular formula is C17H28N2O. The van der Waals surface area contributed by atoms with E-state index in [1.165, 1.54) is 25.1 Å². The zero-order chi connectivity index (χ0) is 14.5. The van der Waals surface area contributed by atoms with E-state index in [0.717, 1.165) is 29.7 Å². The van der Waals surface area contributed by atoms with Gasteiger partial charge in [-0.1, -0.05) is 26.0 Å². The zero-order valence-corrected chi connectivity index (χ0v) is 13.1. The minimum Gasteiger partial charge on any atom is -0.494 e. The summed E-state index contributed by atoms with van der Waals surface area (Å²) in [5, 5.41) is 0. The van der Waals surface area contributed by atoms with Crippen LogP contribution in [0.1, 0.15) is 38.3 Å². The molecule has 1 aliphatic rings. The first-order chi connectivity index (χ1) is 9.62. The summed E-state index contributed by atoms with van der Waals surface area (Å²) in [5.74, 6) is 2.55. The van der Waals surface area contributed by atoms with Crippen LogP contribution in [-0.2, 0) is 13.1 Å². The topological polar surface area (TPSA) is 38.5 Å². The molecule has 0 bridgehead atoms. The molecule has 20 heavy (non-hydrogen) atoms. The standard InChI is InChI=1S/C17H28N2O/c1-4-20-17-8-15(5-6-16(17)9-18)12-19-10-13(2)7-14(3)11-19/h5-6,8,13-14H,4,7,9-12,18H2,1-3H3. The molecule has 0 radical (unpaired) electrons. The maximum Gasteiger partial charge on any atom is 0.124 e. The molecule has 0 amide bonds. The van der Waals surface area contributed by atoms with Crippen molar-refractivity contribution in [1.82, 2.24) is 4.90 Å². The Morgan fingerprint density at radius 2 is 1.95 bits per heavy atom. The summed E-state index contributed by atoms with van der Waals surface area (Å²) in [4.78, 5) is 2.56. The highest BCUT2D eigenvalue weighted by molar-refractivity contribution is 5.37. The van der Waals surface area contributed by atoms with E-state index in [0.29, 0.717) is 13.2 Å². The van der Waals surface area contributed by atoms with Crippen LogP contribution in [0.15, 0.2) is 18.2 Å². The maximum absolute atomic E-state index is 5.76. The summed E-state index contributed by atoms with van der Waals surface area (Å²) in [6.07, 6.45) is 1.35. The Balaban J connectivity index is 2.07. The molecule has 2 N–H and O–H groups in total. The van der Waals surface area contributed by atoms with Gasteiger partial charge in [0.1, 0.15) is 5.75 Å². The van der Waals surface area contributed by atoms with Gasteiger partial charge in [0.15, 0.2) is 0 Å². The summed E-state index contributed by atoms with van der Waals surface area (Å²) < 4.78 is 5.70. The number of nitrogens with zero attached hydrogens (tertiary/aromatic N) is 1. The highest BCUT2D eigenvalue weighted by atomic mass is 16.5. The van der Waals surface area contributed by atoms with E-state index in [1.54, 1.807) is 0 Å². The van der Waals surface area contributed by atoms with E-state index in [9.17, 15) is 0 Å². The molecule has 1 aromatic carbocycles. The summed E-state index contributed by atoms with van der Waals surface area (Å²) >= 11 is 0. The summed E-state index contributed by atoms with van der Waals surface area (Å²) in [7, 11) is 0. The molecule has 3 nitrogen and oxygen atoms in total. The Bertz CT molecular complexity index is 423. The molecule has 2 unspecified atom stereocenters. The molecule has 3 heteroatoms. The van der Waals surface area contributed by atoms with Crippen molar-refractivity contribution in [3.05, 3.63) is 29.3 Å². The molecule has 1 aliphatic heterocycles. The summed E-state index contributed by atoms with van der Waals surface area (Å²) in [6, 6.07) is 6.46. The van der Waals surface area contributed by atoms with Crippen molar-refractivity contribution in [2.45, 2.75) is 40.3 Å². The van der Waals surface area contributed by atoms with Crippen LogP contribution in [0.4, 0.5) is 0 Å². The molecule has 0 aromatic heterocycles. The Kier molecular flexibility index (Phi) is 5.44. The van der Waals surface area contributed by atoms with Gasteiger partial charge in [-0.25, -0.2) is 0 Å². The van der Waals surface area contributed by atoms with Gasteiger partial charge in [0.25, 0.3) is 0 Å². The highest BCUT2D eigenvalue weighted by Gasteiger charge is 2.21. The van der Waals surface area contributed by atoms with Crippen molar-refractivity contribution >= 4 is 0 Å². The van der Waals surface area contributed by atoms with E-state index < -0.39 is 0 Å². The van der Waals surface area contributed by atoms with Crippen molar-refractivity contribution < 1.29 is 4.74 Å². The van der Waals surface area contributed by atoms with E-state index >= 15 is 0 Å². The number of hydrogen-bond acceptors (Lipinski definition) is 3. The smallest absolute Gasteiger partial charge is 0.124 e. The van der Waals surface area contributed by atoms with Gasteiger partial charge in [0, 0.05) is 31.7 Å². The third kappa shape index (κ3) is 3.97. The second-order valence-electron chi connectivity index (χ2n) is 6.22. The van der Waals surface area contributed by atoms with Crippen LogP contribution in [0.2, 0.25) is 0 Å². The Morgan fingerprint density at radius 3 is 2.55 bits per heavy atom. The molecule has 2 rings (SSSR count). The van der Waals surface area contributed by atoms with Gasteiger partial charge < -0.3 is 10.5 Å². The molecule has 0 spiro atoms. The molecule has 0 aliphatic carbocycles.